The minimum Gasteiger partial charge on any atom is -0.370 e. The lowest BCUT2D eigenvalue weighted by atomic mass is 10.9. The molecule has 2 N–H and O–H groups in total. The summed E-state index contributed by atoms with van der Waals surface area (Å²) in [5.74, 6) is -0.445. The van der Waals surface area contributed by atoms with Gasteiger partial charge in [0, 0.05) is 0 Å². The van der Waals surface area contributed by atoms with Crippen molar-refractivity contribution in [2.45, 2.75) is 6.36 Å². The highest BCUT2D eigenvalue weighted by Gasteiger charge is 2.32. The van der Waals surface area contributed by atoms with Gasteiger partial charge in [-0.3, -0.25) is 0 Å². The van der Waals surface area contributed by atoms with Gasteiger partial charge in [0.05, 0.1) is 0 Å². The van der Waals surface area contributed by atoms with Gasteiger partial charge in [-0.25, -0.2) is 0 Å². The van der Waals surface area contributed by atoms with Crippen molar-refractivity contribution in [2.24, 2.45) is 0 Å². The van der Waals surface area contributed by atoms with Gasteiger partial charge >= 0.3 is 12.4 Å². The second-order valence-corrected chi connectivity index (χ2v) is 2.13. The zero-order valence-electron chi connectivity index (χ0n) is 5.84. The van der Waals surface area contributed by atoms with Gasteiger partial charge in [0.15, 0.2) is 0 Å². The Kier molecular flexibility index (Phi) is 2.41. The van der Waals surface area contributed by atoms with Crippen LogP contribution in [0, 0.1) is 0 Å². The van der Waals surface area contributed by atoms with E-state index in [0.29, 0.717) is 0 Å². The summed E-state index contributed by atoms with van der Waals surface area (Å²) < 4.78 is 38.1. The first-order valence-corrected chi connectivity index (χ1v) is 3.17. The van der Waals surface area contributed by atoms with Gasteiger partial charge in [-0.2, -0.15) is 15.0 Å². The summed E-state index contributed by atoms with van der Waals surface area (Å²) in [7, 11) is 0. The van der Waals surface area contributed by atoms with E-state index in [0.717, 1.165) is 0 Å². The highest BCUT2D eigenvalue weighted by atomic mass is 35.5. The first kappa shape index (κ1) is 9.78. The molecule has 0 unspecified atom stereocenters. The first-order chi connectivity index (χ1) is 5.87. The van der Waals surface area contributed by atoms with Crippen LogP contribution in [0.3, 0.4) is 0 Å². The quantitative estimate of drug-likeness (QED) is 0.755. The number of anilines is 1. The van der Waals surface area contributed by atoms with Crippen molar-refractivity contribution in [2.75, 3.05) is 5.73 Å². The van der Waals surface area contributed by atoms with Crippen LogP contribution >= 0.6 is 11.6 Å². The topological polar surface area (TPSA) is 73.9 Å². The van der Waals surface area contributed by atoms with E-state index in [1.54, 1.807) is 0 Å². The van der Waals surface area contributed by atoms with Crippen molar-refractivity contribution >= 4 is 17.5 Å². The van der Waals surface area contributed by atoms with Crippen molar-refractivity contribution in [1.82, 2.24) is 15.0 Å². The summed E-state index contributed by atoms with van der Waals surface area (Å²) >= 11 is 5.19. The van der Waals surface area contributed by atoms with E-state index in [2.05, 4.69) is 19.7 Å². The van der Waals surface area contributed by atoms with Crippen LogP contribution in [0.4, 0.5) is 19.1 Å². The van der Waals surface area contributed by atoms with Gasteiger partial charge < -0.3 is 10.5 Å². The van der Waals surface area contributed by atoms with Crippen LogP contribution in [0.2, 0.25) is 5.28 Å². The molecule has 0 saturated heterocycles. The summed E-state index contributed by atoms with van der Waals surface area (Å²) in [5, 5.41) is -0.466. The molecule has 0 bridgehead atoms. The van der Waals surface area contributed by atoms with Crippen molar-refractivity contribution in [3.05, 3.63) is 5.28 Å². The third-order valence-corrected chi connectivity index (χ3v) is 0.981. The number of nitrogens with two attached hydrogens (primary N) is 1. The molecule has 1 heterocycles. The first-order valence-electron chi connectivity index (χ1n) is 2.79. The van der Waals surface area contributed by atoms with Crippen LogP contribution < -0.4 is 10.5 Å². The van der Waals surface area contributed by atoms with Crippen LogP contribution in [0.15, 0.2) is 0 Å². The zero-order valence-corrected chi connectivity index (χ0v) is 6.60. The fraction of sp³-hybridized carbons (Fsp3) is 0.250. The van der Waals surface area contributed by atoms with Crippen LogP contribution in [0.5, 0.6) is 6.01 Å². The lowest BCUT2D eigenvalue weighted by Crippen LogP contribution is -2.19. The number of ether oxygens (including phenoxy) is 1. The molecule has 1 rings (SSSR count). The molecule has 9 heteroatoms. The Morgan fingerprint density at radius 1 is 1.23 bits per heavy atom. The summed E-state index contributed by atoms with van der Waals surface area (Å²) in [6.45, 7) is 0. The van der Waals surface area contributed by atoms with Crippen LogP contribution in [-0.2, 0) is 0 Å². The number of rotatable bonds is 1. The average molecular weight is 215 g/mol. The molecule has 0 amide bonds. The highest BCUT2D eigenvalue weighted by molar-refractivity contribution is 6.28. The predicted octanol–water partition coefficient (Wildman–Crippen LogP) is 1.01. The van der Waals surface area contributed by atoms with Crippen LogP contribution in [0.1, 0.15) is 0 Å². The maximum Gasteiger partial charge on any atom is 0.575 e. The molecule has 13 heavy (non-hydrogen) atoms. The molecule has 5 nitrogen and oxygen atoms in total. The minimum absolute atomic E-state index is 0.445. The molecule has 1 aromatic rings. The van der Waals surface area contributed by atoms with Gasteiger partial charge in [0.1, 0.15) is 0 Å². The third-order valence-electron chi connectivity index (χ3n) is 0.812. The van der Waals surface area contributed by atoms with Crippen molar-refractivity contribution < 1.29 is 17.9 Å². The molecule has 0 spiro atoms. The van der Waals surface area contributed by atoms with Gasteiger partial charge in [-0.15, -0.1) is 13.2 Å². The van der Waals surface area contributed by atoms with Gasteiger partial charge in [0.25, 0.3) is 0 Å². The predicted molar refractivity (Wildman–Crippen MR) is 35.9 cm³/mol. The van der Waals surface area contributed by atoms with E-state index in [-0.39, 0.29) is 0 Å². The van der Waals surface area contributed by atoms with E-state index in [1.165, 1.54) is 0 Å². The second kappa shape index (κ2) is 3.21. The number of hydrogen-bond acceptors (Lipinski definition) is 5. The molecule has 0 radical (unpaired) electrons. The Balaban J connectivity index is 2.90. The number of aromatic nitrogens is 3. The fourth-order valence-electron chi connectivity index (χ4n) is 0.496. The minimum atomic E-state index is -4.88. The molecule has 72 valence electrons. The van der Waals surface area contributed by atoms with E-state index in [4.69, 9.17) is 17.3 Å². The summed E-state index contributed by atoms with van der Waals surface area (Å²) in [5.41, 5.74) is 4.98. The van der Waals surface area contributed by atoms with Gasteiger partial charge in [0.2, 0.25) is 11.2 Å². The Hall–Kier alpha value is -1.31. The largest absolute Gasteiger partial charge is 0.575 e. The number of halogens is 4. The Labute approximate surface area is 74.7 Å². The SMILES string of the molecule is Nc1nc(Cl)nc(OC(F)(F)F)n1. The van der Waals surface area contributed by atoms with Crippen molar-refractivity contribution in [3.8, 4) is 6.01 Å². The fourth-order valence-corrected chi connectivity index (χ4v) is 0.654. The zero-order chi connectivity index (χ0) is 10.1. The van der Waals surface area contributed by atoms with E-state index in [1.807, 2.05) is 0 Å². The van der Waals surface area contributed by atoms with E-state index >= 15 is 0 Å². The van der Waals surface area contributed by atoms with E-state index < -0.39 is 23.6 Å². The Morgan fingerprint density at radius 2 is 1.85 bits per heavy atom. The molecular formula is C4H2ClF3N4O. The number of hydrogen-bond donors (Lipinski definition) is 1. The number of nitrogen functional groups attached to an aromatic ring is 1. The van der Waals surface area contributed by atoms with Crippen LogP contribution in [-0.4, -0.2) is 21.3 Å². The van der Waals surface area contributed by atoms with Crippen molar-refractivity contribution in [3.63, 3.8) is 0 Å². The molecule has 0 saturated carbocycles. The maximum absolute atomic E-state index is 11.6. The van der Waals surface area contributed by atoms with Crippen LogP contribution in [0.25, 0.3) is 0 Å². The molecular weight excluding hydrogens is 213 g/mol. The Morgan fingerprint density at radius 3 is 2.31 bits per heavy atom. The summed E-state index contributed by atoms with van der Waals surface area (Å²) in [6, 6.07) is -0.981. The average Bonchev–Trinajstić information content (AvgIpc) is 1.78. The number of nitrogens with zero attached hydrogens (tertiary/aromatic N) is 3. The smallest absolute Gasteiger partial charge is 0.370 e. The number of alkyl halides is 3. The molecule has 1 aromatic heterocycles. The van der Waals surface area contributed by atoms with E-state index in [9.17, 15) is 13.2 Å². The molecule has 0 aromatic carbocycles. The highest BCUT2D eigenvalue weighted by Crippen LogP contribution is 2.20. The summed E-state index contributed by atoms with van der Waals surface area (Å²) in [4.78, 5) is 9.33. The molecule has 0 aliphatic carbocycles. The lowest BCUT2D eigenvalue weighted by molar-refractivity contribution is -0.277. The standard InChI is InChI=1S/C4H2ClF3N4O/c5-1-10-2(9)12-3(11-1)13-4(6,7)8/h(H2,9,10,11,12). The third kappa shape index (κ3) is 3.28. The van der Waals surface area contributed by atoms with Gasteiger partial charge in [-0.05, 0) is 11.6 Å². The second-order valence-electron chi connectivity index (χ2n) is 1.79. The lowest BCUT2D eigenvalue weighted by Gasteiger charge is -2.06. The van der Waals surface area contributed by atoms with Crippen molar-refractivity contribution in [1.29, 1.82) is 0 Å². The molecule has 0 aliphatic heterocycles. The molecule has 0 atom stereocenters. The van der Waals surface area contributed by atoms with Gasteiger partial charge in [-0.1, -0.05) is 0 Å². The maximum atomic E-state index is 11.6. The molecule has 0 fully saturated rings. The summed E-state index contributed by atoms with van der Waals surface area (Å²) in [6.07, 6.45) is -4.88. The molecule has 0 aliphatic rings. The Bertz CT molecular complexity index is 296. The normalized spacial score (nSPS) is 11.4. The monoisotopic (exact) mass is 214 g/mol.